The van der Waals surface area contributed by atoms with Gasteiger partial charge in [-0.2, -0.15) is 0 Å². The Kier molecular flexibility index (Phi) is 6.29. The highest BCUT2D eigenvalue weighted by atomic mass is 16.2. The predicted octanol–water partition coefficient (Wildman–Crippen LogP) is 4.23. The minimum Gasteiger partial charge on any atom is -0.326 e. The number of carbonyl (C=O) groups is 1. The Morgan fingerprint density at radius 3 is 2.41 bits per heavy atom. The first-order valence-electron chi connectivity index (χ1n) is 12.2. The van der Waals surface area contributed by atoms with Gasteiger partial charge in [0.15, 0.2) is 5.82 Å². The van der Waals surface area contributed by atoms with Crippen molar-refractivity contribution in [1.29, 1.82) is 0 Å². The molecule has 1 amide bonds. The number of nitrogens with zero attached hydrogens (tertiary/aromatic N) is 5. The highest BCUT2D eigenvalue weighted by molar-refractivity contribution is 5.91. The lowest BCUT2D eigenvalue weighted by Gasteiger charge is -2.09. The van der Waals surface area contributed by atoms with Gasteiger partial charge in [0, 0.05) is 43.7 Å². The number of fused-ring (bicyclic) bond motifs is 2. The van der Waals surface area contributed by atoms with Gasteiger partial charge in [-0.3, -0.25) is 13.9 Å². The standard InChI is InChI=1S/C26H30N6O2/c1-2-16-30-21-8-5-6-9-22(21)31(26(30)34)18-15-24(33)27-20-13-11-19(12-14-20)25-29-28-23-10-4-3-7-17-32(23)25/h5-6,8-9,11-14H,2-4,7,10,15-18H2,1H3,(H,27,33). The third kappa shape index (κ3) is 4.27. The summed E-state index contributed by atoms with van der Waals surface area (Å²) in [5, 5.41) is 11.7. The fourth-order valence-corrected chi connectivity index (χ4v) is 4.77. The molecule has 4 aromatic rings. The highest BCUT2D eigenvalue weighted by Crippen LogP contribution is 2.24. The van der Waals surface area contributed by atoms with Crippen LogP contribution in [0, 0.1) is 0 Å². The lowest BCUT2D eigenvalue weighted by atomic mass is 10.2. The number of carbonyl (C=O) groups excluding carboxylic acids is 1. The van der Waals surface area contributed by atoms with Crippen LogP contribution in [0.3, 0.4) is 0 Å². The minimum atomic E-state index is -0.122. The van der Waals surface area contributed by atoms with Crippen LogP contribution in [0.15, 0.2) is 53.3 Å². The first-order valence-corrected chi connectivity index (χ1v) is 12.2. The summed E-state index contributed by atoms with van der Waals surface area (Å²) >= 11 is 0. The number of nitrogens with one attached hydrogen (secondary N) is 1. The summed E-state index contributed by atoms with van der Waals surface area (Å²) in [6, 6.07) is 15.5. The Labute approximate surface area is 198 Å². The van der Waals surface area contributed by atoms with Gasteiger partial charge in [-0.25, -0.2) is 4.79 Å². The topological polar surface area (TPSA) is 86.7 Å². The number of para-hydroxylation sites is 2. The molecule has 1 aliphatic rings. The van der Waals surface area contributed by atoms with Gasteiger partial charge in [0.25, 0.3) is 0 Å². The minimum absolute atomic E-state index is 0.0624. The van der Waals surface area contributed by atoms with E-state index in [9.17, 15) is 9.59 Å². The quantitative estimate of drug-likeness (QED) is 0.449. The summed E-state index contributed by atoms with van der Waals surface area (Å²) in [5.74, 6) is 1.82. The maximum Gasteiger partial charge on any atom is 0.329 e. The largest absolute Gasteiger partial charge is 0.329 e. The second-order valence-electron chi connectivity index (χ2n) is 8.85. The van der Waals surface area contributed by atoms with Crippen LogP contribution in [-0.2, 0) is 30.8 Å². The molecule has 176 valence electrons. The molecule has 0 unspecified atom stereocenters. The van der Waals surface area contributed by atoms with E-state index in [1.165, 1.54) is 6.42 Å². The lowest BCUT2D eigenvalue weighted by Crippen LogP contribution is -2.26. The number of imidazole rings is 1. The van der Waals surface area contributed by atoms with Gasteiger partial charge in [-0.05, 0) is 55.7 Å². The van der Waals surface area contributed by atoms with E-state index in [1.54, 1.807) is 9.13 Å². The predicted molar refractivity (Wildman–Crippen MR) is 133 cm³/mol. The molecular formula is C26H30N6O2. The van der Waals surface area contributed by atoms with E-state index in [2.05, 4.69) is 27.0 Å². The lowest BCUT2D eigenvalue weighted by molar-refractivity contribution is -0.116. The molecule has 0 bridgehead atoms. The molecule has 1 aliphatic heterocycles. The molecule has 8 heteroatoms. The van der Waals surface area contributed by atoms with Gasteiger partial charge in [-0.15, -0.1) is 10.2 Å². The Morgan fingerprint density at radius 1 is 0.941 bits per heavy atom. The molecule has 0 fully saturated rings. The third-order valence-corrected chi connectivity index (χ3v) is 6.47. The van der Waals surface area contributed by atoms with Crippen molar-refractivity contribution in [2.75, 3.05) is 5.32 Å². The molecule has 1 N–H and O–H groups in total. The van der Waals surface area contributed by atoms with Crippen LogP contribution in [0.2, 0.25) is 0 Å². The summed E-state index contributed by atoms with van der Waals surface area (Å²) in [6.45, 7) is 4.01. The first-order chi connectivity index (χ1) is 16.7. The van der Waals surface area contributed by atoms with Crippen LogP contribution in [0.1, 0.15) is 44.9 Å². The highest BCUT2D eigenvalue weighted by Gasteiger charge is 2.16. The van der Waals surface area contributed by atoms with Crippen molar-refractivity contribution >= 4 is 22.6 Å². The number of aryl methyl sites for hydroxylation is 3. The molecule has 8 nitrogen and oxygen atoms in total. The van der Waals surface area contributed by atoms with Crippen molar-refractivity contribution in [2.24, 2.45) is 0 Å². The average Bonchev–Trinajstić information content (AvgIpc) is 3.26. The summed E-state index contributed by atoms with van der Waals surface area (Å²) in [6.07, 6.45) is 5.60. The molecule has 3 heterocycles. The number of benzene rings is 2. The fourth-order valence-electron chi connectivity index (χ4n) is 4.77. The van der Waals surface area contributed by atoms with Crippen molar-refractivity contribution in [1.82, 2.24) is 23.9 Å². The molecule has 0 radical (unpaired) electrons. The molecule has 5 rings (SSSR count). The van der Waals surface area contributed by atoms with E-state index in [0.717, 1.165) is 66.2 Å². The molecule has 0 saturated heterocycles. The van der Waals surface area contributed by atoms with Gasteiger partial charge in [0.1, 0.15) is 5.82 Å². The smallest absolute Gasteiger partial charge is 0.326 e. The summed E-state index contributed by atoms with van der Waals surface area (Å²) in [7, 11) is 0. The zero-order valence-electron chi connectivity index (χ0n) is 19.5. The number of aromatic nitrogens is 5. The Hall–Kier alpha value is -3.68. The zero-order valence-corrected chi connectivity index (χ0v) is 19.5. The van der Waals surface area contributed by atoms with Crippen molar-refractivity contribution in [3.05, 3.63) is 64.8 Å². The third-order valence-electron chi connectivity index (χ3n) is 6.47. The number of rotatable bonds is 7. The number of amides is 1. The van der Waals surface area contributed by atoms with Crippen molar-refractivity contribution < 1.29 is 4.79 Å². The molecule has 2 aromatic carbocycles. The molecule has 2 aromatic heterocycles. The monoisotopic (exact) mass is 458 g/mol. The Balaban J connectivity index is 1.26. The van der Waals surface area contributed by atoms with Gasteiger partial charge in [-0.1, -0.05) is 25.5 Å². The number of hydrogen-bond donors (Lipinski definition) is 1. The van der Waals surface area contributed by atoms with Gasteiger partial charge >= 0.3 is 5.69 Å². The van der Waals surface area contributed by atoms with Gasteiger partial charge < -0.3 is 9.88 Å². The molecular weight excluding hydrogens is 428 g/mol. The van der Waals surface area contributed by atoms with Crippen molar-refractivity contribution in [2.45, 2.75) is 65.1 Å². The zero-order chi connectivity index (χ0) is 23.5. The van der Waals surface area contributed by atoms with E-state index in [-0.39, 0.29) is 18.0 Å². The van der Waals surface area contributed by atoms with E-state index >= 15 is 0 Å². The summed E-state index contributed by atoms with van der Waals surface area (Å²) < 4.78 is 5.70. The molecule has 0 atom stereocenters. The first kappa shape index (κ1) is 22.1. The molecule has 0 saturated carbocycles. The van der Waals surface area contributed by atoms with Crippen molar-refractivity contribution in [3.8, 4) is 11.4 Å². The van der Waals surface area contributed by atoms with Gasteiger partial charge in [0.05, 0.1) is 11.0 Å². The molecule has 0 aliphatic carbocycles. The van der Waals surface area contributed by atoms with E-state index < -0.39 is 0 Å². The summed E-state index contributed by atoms with van der Waals surface area (Å²) in [4.78, 5) is 25.6. The van der Waals surface area contributed by atoms with Crippen LogP contribution in [0.5, 0.6) is 0 Å². The van der Waals surface area contributed by atoms with Crippen molar-refractivity contribution in [3.63, 3.8) is 0 Å². The molecule has 0 spiro atoms. The van der Waals surface area contributed by atoms with Crippen LogP contribution in [0.25, 0.3) is 22.4 Å². The van der Waals surface area contributed by atoms with Crippen LogP contribution in [0.4, 0.5) is 5.69 Å². The normalized spacial score (nSPS) is 13.6. The average molecular weight is 459 g/mol. The maximum absolute atomic E-state index is 12.9. The van der Waals surface area contributed by atoms with E-state index in [4.69, 9.17) is 0 Å². The van der Waals surface area contributed by atoms with Crippen LogP contribution < -0.4 is 11.0 Å². The van der Waals surface area contributed by atoms with E-state index in [0.29, 0.717) is 13.1 Å². The van der Waals surface area contributed by atoms with Crippen LogP contribution >= 0.6 is 0 Å². The fraction of sp³-hybridized carbons (Fsp3) is 0.385. The number of anilines is 1. The van der Waals surface area contributed by atoms with Gasteiger partial charge in [0.2, 0.25) is 5.91 Å². The maximum atomic E-state index is 12.9. The Morgan fingerprint density at radius 2 is 1.68 bits per heavy atom. The number of hydrogen-bond acceptors (Lipinski definition) is 4. The second kappa shape index (κ2) is 9.67. The van der Waals surface area contributed by atoms with E-state index in [1.807, 2.05) is 48.5 Å². The second-order valence-corrected chi connectivity index (χ2v) is 8.85. The van der Waals surface area contributed by atoms with Crippen LogP contribution in [-0.4, -0.2) is 29.8 Å². The SMILES string of the molecule is CCCn1c(=O)n(CCC(=O)Nc2ccc(-c3nnc4n3CCCCC4)cc2)c2ccccc21. The molecule has 34 heavy (non-hydrogen) atoms. The Bertz CT molecular complexity index is 1360. The summed E-state index contributed by atoms with van der Waals surface area (Å²) in [5.41, 5.74) is 3.44.